The van der Waals surface area contributed by atoms with Crippen LogP contribution in [0.3, 0.4) is 0 Å². The van der Waals surface area contributed by atoms with Crippen molar-refractivity contribution in [2.45, 2.75) is 26.4 Å². The molecule has 3 N–H and O–H groups in total. The molecule has 0 saturated carbocycles. The first-order chi connectivity index (χ1) is 12.0. The van der Waals surface area contributed by atoms with Gasteiger partial charge in [0, 0.05) is 4.88 Å². The number of nitrogens with one attached hydrogen (secondary N) is 1. The molecule has 0 radical (unpaired) electrons. The minimum absolute atomic E-state index is 0.0572. The highest BCUT2D eigenvalue weighted by Gasteiger charge is 2.20. The van der Waals surface area contributed by atoms with Gasteiger partial charge in [0.25, 0.3) is 5.56 Å². The summed E-state index contributed by atoms with van der Waals surface area (Å²) in [6, 6.07) is 8.12. The first-order valence-corrected chi connectivity index (χ1v) is 8.53. The van der Waals surface area contributed by atoms with Crippen LogP contribution < -0.4 is 16.6 Å². The Morgan fingerprint density at radius 3 is 2.88 bits per heavy atom. The van der Waals surface area contributed by atoms with Gasteiger partial charge in [-0.3, -0.25) is 9.59 Å². The lowest BCUT2D eigenvalue weighted by Gasteiger charge is -2.15. The summed E-state index contributed by atoms with van der Waals surface area (Å²) in [5, 5.41) is 7.06. The van der Waals surface area contributed by atoms with Crippen LogP contribution in [0.25, 0.3) is 10.6 Å². The van der Waals surface area contributed by atoms with Gasteiger partial charge in [-0.25, -0.2) is 4.68 Å². The van der Waals surface area contributed by atoms with E-state index >= 15 is 0 Å². The third-order valence-electron chi connectivity index (χ3n) is 3.72. The number of hydrogen-bond donors (Lipinski definition) is 2. The van der Waals surface area contributed by atoms with E-state index < -0.39 is 11.6 Å². The van der Waals surface area contributed by atoms with Gasteiger partial charge in [0.1, 0.15) is 23.2 Å². The summed E-state index contributed by atoms with van der Waals surface area (Å²) in [5.74, 6) is 0.285. The first-order valence-electron chi connectivity index (χ1n) is 7.72. The van der Waals surface area contributed by atoms with Gasteiger partial charge in [-0.2, -0.15) is 5.10 Å². The monoisotopic (exact) mass is 358 g/mol. The zero-order chi connectivity index (χ0) is 18.0. The van der Waals surface area contributed by atoms with Crippen LogP contribution in [0.2, 0.25) is 0 Å². The molecule has 7 nitrogen and oxygen atoms in total. The molecule has 0 aliphatic heterocycles. The van der Waals surface area contributed by atoms with Crippen molar-refractivity contribution in [3.05, 3.63) is 57.6 Å². The number of aryl methyl sites for hydroxylation is 1. The fourth-order valence-electron chi connectivity index (χ4n) is 2.33. The normalized spacial score (nSPS) is 12.1. The second kappa shape index (κ2) is 6.94. The van der Waals surface area contributed by atoms with Gasteiger partial charge in [-0.1, -0.05) is 0 Å². The van der Waals surface area contributed by atoms with Gasteiger partial charge in [-0.15, -0.1) is 11.3 Å². The molecule has 3 aromatic rings. The number of nitrogens with two attached hydrogens (primary N) is 1. The highest BCUT2D eigenvalue weighted by atomic mass is 32.1. The lowest BCUT2D eigenvalue weighted by molar-refractivity contribution is -0.124. The van der Waals surface area contributed by atoms with Crippen LogP contribution in [0.5, 0.6) is 0 Å². The van der Waals surface area contributed by atoms with Crippen LogP contribution >= 0.6 is 11.3 Å². The Morgan fingerprint density at radius 1 is 1.44 bits per heavy atom. The molecule has 0 unspecified atom stereocenters. The van der Waals surface area contributed by atoms with E-state index in [-0.39, 0.29) is 18.1 Å². The first kappa shape index (κ1) is 17.0. The van der Waals surface area contributed by atoms with E-state index in [1.54, 1.807) is 30.4 Å². The maximum Gasteiger partial charge on any atom is 0.290 e. The van der Waals surface area contributed by atoms with Gasteiger partial charge in [0.15, 0.2) is 0 Å². The van der Waals surface area contributed by atoms with Crippen molar-refractivity contribution in [3.8, 4) is 10.6 Å². The molecule has 0 saturated heterocycles. The maximum absolute atomic E-state index is 12.4. The zero-order valence-electron chi connectivity index (χ0n) is 13.9. The number of carbonyl (C=O) groups excluding carboxylic acids is 1. The van der Waals surface area contributed by atoms with Crippen molar-refractivity contribution in [2.24, 2.45) is 0 Å². The van der Waals surface area contributed by atoms with Gasteiger partial charge < -0.3 is 15.5 Å². The molecule has 25 heavy (non-hydrogen) atoms. The quantitative estimate of drug-likeness (QED) is 0.728. The van der Waals surface area contributed by atoms with Crippen molar-refractivity contribution < 1.29 is 9.21 Å². The molecular weight excluding hydrogens is 340 g/mol. The fraction of sp³-hybridized carbons (Fsp3) is 0.235. The summed E-state index contributed by atoms with van der Waals surface area (Å²) in [6.07, 6.45) is 1.53. The summed E-state index contributed by atoms with van der Waals surface area (Å²) >= 11 is 1.55. The minimum Gasteiger partial charge on any atom is -0.467 e. The highest BCUT2D eigenvalue weighted by Crippen LogP contribution is 2.26. The number of anilines is 1. The van der Waals surface area contributed by atoms with E-state index in [0.29, 0.717) is 11.5 Å². The molecule has 3 aromatic heterocycles. The number of nitrogen functional groups attached to an aromatic ring is 1. The fourth-order valence-corrected chi connectivity index (χ4v) is 3.16. The number of aromatic nitrogens is 2. The summed E-state index contributed by atoms with van der Waals surface area (Å²) in [4.78, 5) is 26.7. The molecule has 0 aliphatic rings. The van der Waals surface area contributed by atoms with Crippen LogP contribution in [0.15, 0.2) is 45.8 Å². The van der Waals surface area contributed by atoms with Gasteiger partial charge in [0.05, 0.1) is 17.7 Å². The Kier molecular flexibility index (Phi) is 4.71. The van der Waals surface area contributed by atoms with Crippen molar-refractivity contribution in [1.82, 2.24) is 15.1 Å². The molecule has 1 atom stereocenters. The van der Waals surface area contributed by atoms with Crippen molar-refractivity contribution in [1.29, 1.82) is 0 Å². The number of thiophene rings is 1. The number of carbonyl (C=O) groups is 1. The van der Waals surface area contributed by atoms with Crippen LogP contribution in [-0.2, 0) is 11.3 Å². The van der Waals surface area contributed by atoms with E-state index in [0.717, 1.165) is 14.4 Å². The van der Waals surface area contributed by atoms with E-state index in [1.165, 1.54) is 12.3 Å². The molecule has 1 amide bonds. The molecule has 130 valence electrons. The molecule has 0 aromatic carbocycles. The standard InChI is InChI=1S/C17H18N4O3S/c1-10-5-6-15(25-10)14-8-13(18)17(23)21(20-14)11(2)16(22)19-9-12-4-3-7-24-12/h3-8,11H,9,18H2,1-2H3,(H,19,22)/t11-/m1/s1. The van der Waals surface area contributed by atoms with Crippen LogP contribution in [0.1, 0.15) is 23.6 Å². The molecule has 3 heterocycles. The Morgan fingerprint density at radius 2 is 2.24 bits per heavy atom. The summed E-state index contributed by atoms with van der Waals surface area (Å²) in [6.45, 7) is 3.83. The van der Waals surface area contributed by atoms with Crippen LogP contribution in [0, 0.1) is 6.92 Å². The summed E-state index contributed by atoms with van der Waals surface area (Å²) < 4.78 is 6.30. The number of amides is 1. The predicted molar refractivity (Wildman–Crippen MR) is 96.2 cm³/mol. The van der Waals surface area contributed by atoms with Gasteiger partial charge in [-0.05, 0) is 44.2 Å². The number of hydrogen-bond acceptors (Lipinski definition) is 6. The molecule has 0 aliphatic carbocycles. The predicted octanol–water partition coefficient (Wildman–Crippen LogP) is 2.33. The van der Waals surface area contributed by atoms with Crippen LogP contribution in [0.4, 0.5) is 5.69 Å². The summed E-state index contributed by atoms with van der Waals surface area (Å²) in [5.41, 5.74) is 5.98. The average molecular weight is 358 g/mol. The molecule has 8 heteroatoms. The molecule has 0 fully saturated rings. The Labute approximate surface area is 148 Å². The summed E-state index contributed by atoms with van der Waals surface area (Å²) in [7, 11) is 0. The Hall–Kier alpha value is -2.87. The van der Waals surface area contributed by atoms with E-state index in [2.05, 4.69) is 10.4 Å². The zero-order valence-corrected chi connectivity index (χ0v) is 14.7. The Balaban J connectivity index is 1.86. The van der Waals surface area contributed by atoms with E-state index in [4.69, 9.17) is 10.2 Å². The molecule has 3 rings (SSSR count). The third-order valence-corrected chi connectivity index (χ3v) is 4.74. The molecule has 0 spiro atoms. The van der Waals surface area contributed by atoms with Crippen molar-refractivity contribution >= 4 is 22.9 Å². The molecular formula is C17H18N4O3S. The minimum atomic E-state index is -0.800. The van der Waals surface area contributed by atoms with Crippen LogP contribution in [-0.4, -0.2) is 15.7 Å². The maximum atomic E-state index is 12.4. The van der Waals surface area contributed by atoms with Gasteiger partial charge >= 0.3 is 0 Å². The largest absolute Gasteiger partial charge is 0.467 e. The highest BCUT2D eigenvalue weighted by molar-refractivity contribution is 7.15. The van der Waals surface area contributed by atoms with Crippen molar-refractivity contribution in [3.63, 3.8) is 0 Å². The van der Waals surface area contributed by atoms with E-state index in [9.17, 15) is 9.59 Å². The SMILES string of the molecule is Cc1ccc(-c2cc(N)c(=O)n([C@H](C)C(=O)NCc3ccco3)n2)s1. The number of furan rings is 1. The third kappa shape index (κ3) is 3.63. The Bertz CT molecular complexity index is 943. The molecule has 0 bridgehead atoms. The van der Waals surface area contributed by atoms with Gasteiger partial charge in [0.2, 0.25) is 5.91 Å². The second-order valence-electron chi connectivity index (χ2n) is 5.62. The smallest absolute Gasteiger partial charge is 0.290 e. The average Bonchev–Trinajstić information content (AvgIpc) is 3.26. The second-order valence-corrected chi connectivity index (χ2v) is 6.91. The van der Waals surface area contributed by atoms with Crippen molar-refractivity contribution in [2.75, 3.05) is 5.73 Å². The number of rotatable bonds is 5. The lowest BCUT2D eigenvalue weighted by atomic mass is 10.2. The van der Waals surface area contributed by atoms with E-state index in [1.807, 2.05) is 19.1 Å². The number of nitrogens with zero attached hydrogens (tertiary/aromatic N) is 2. The lowest BCUT2D eigenvalue weighted by Crippen LogP contribution is -2.37. The topological polar surface area (TPSA) is 103 Å².